The van der Waals surface area contributed by atoms with E-state index in [9.17, 15) is 18.0 Å². The standard InChI is InChI=1S/C24H31N3O5S/c1-18(28)25-23(19-10-12-21(32-2)13-11-19)17-24(29)26-20-8-7-9-22(16-20)33(30,31)27-14-5-3-4-6-15-27/h7-13,16,23H,3-6,14-15,17H2,1-2H3,(H,25,28)(H,26,29). The molecule has 0 aromatic heterocycles. The van der Waals surface area contributed by atoms with E-state index in [1.807, 2.05) is 0 Å². The molecule has 3 rings (SSSR count). The van der Waals surface area contributed by atoms with Gasteiger partial charge in [-0.2, -0.15) is 4.31 Å². The van der Waals surface area contributed by atoms with E-state index in [-0.39, 0.29) is 23.1 Å². The molecule has 8 nitrogen and oxygen atoms in total. The van der Waals surface area contributed by atoms with Crippen LogP contribution in [0, 0.1) is 0 Å². The normalized spacial score (nSPS) is 15.8. The van der Waals surface area contributed by atoms with E-state index >= 15 is 0 Å². The first-order valence-electron chi connectivity index (χ1n) is 11.1. The first kappa shape index (κ1) is 24.7. The second kappa shape index (κ2) is 11.3. The maximum atomic E-state index is 13.1. The highest BCUT2D eigenvalue weighted by atomic mass is 32.2. The molecule has 1 saturated heterocycles. The lowest BCUT2D eigenvalue weighted by molar-refractivity contribution is -0.120. The van der Waals surface area contributed by atoms with E-state index in [1.54, 1.807) is 49.6 Å². The first-order chi connectivity index (χ1) is 15.8. The number of nitrogens with one attached hydrogen (secondary N) is 2. The topological polar surface area (TPSA) is 105 Å². The second-order valence-corrected chi connectivity index (χ2v) is 10.1. The molecule has 9 heteroatoms. The third kappa shape index (κ3) is 6.79. The molecule has 2 aromatic carbocycles. The molecule has 0 radical (unpaired) electrons. The molecule has 0 bridgehead atoms. The van der Waals surface area contributed by atoms with Crippen molar-refractivity contribution in [1.82, 2.24) is 9.62 Å². The minimum absolute atomic E-state index is 0.00495. The van der Waals surface area contributed by atoms with Crippen LogP contribution in [0.2, 0.25) is 0 Å². The zero-order valence-corrected chi connectivity index (χ0v) is 19.9. The Hall–Kier alpha value is -2.91. The number of methoxy groups -OCH3 is 1. The van der Waals surface area contributed by atoms with E-state index in [2.05, 4.69) is 10.6 Å². The van der Waals surface area contributed by atoms with Crippen LogP contribution in [0.1, 0.15) is 50.6 Å². The minimum atomic E-state index is -3.62. The summed E-state index contributed by atoms with van der Waals surface area (Å²) in [7, 11) is -2.05. The molecule has 0 saturated carbocycles. The summed E-state index contributed by atoms with van der Waals surface area (Å²) >= 11 is 0. The third-order valence-corrected chi connectivity index (χ3v) is 7.50. The van der Waals surface area contributed by atoms with Gasteiger partial charge < -0.3 is 15.4 Å². The fourth-order valence-corrected chi connectivity index (χ4v) is 5.46. The number of anilines is 1. The lowest BCUT2D eigenvalue weighted by Gasteiger charge is -2.21. The highest BCUT2D eigenvalue weighted by Crippen LogP contribution is 2.24. The van der Waals surface area contributed by atoms with Gasteiger partial charge in [0.15, 0.2) is 0 Å². The minimum Gasteiger partial charge on any atom is -0.497 e. The summed E-state index contributed by atoms with van der Waals surface area (Å²) < 4.78 is 32.8. The molecular formula is C24H31N3O5S. The van der Waals surface area contributed by atoms with Crippen LogP contribution in [0.15, 0.2) is 53.4 Å². The Bertz CT molecular complexity index is 1060. The van der Waals surface area contributed by atoms with Crippen LogP contribution in [0.5, 0.6) is 5.75 Å². The fourth-order valence-electron chi connectivity index (χ4n) is 3.90. The van der Waals surface area contributed by atoms with Crippen molar-refractivity contribution in [2.45, 2.75) is 50.0 Å². The lowest BCUT2D eigenvalue weighted by atomic mass is 10.0. The zero-order valence-electron chi connectivity index (χ0n) is 19.0. The number of hydrogen-bond acceptors (Lipinski definition) is 5. The molecule has 2 amide bonds. The Morgan fingerprint density at radius 3 is 2.30 bits per heavy atom. The van der Waals surface area contributed by atoms with Crippen LogP contribution < -0.4 is 15.4 Å². The highest BCUT2D eigenvalue weighted by Gasteiger charge is 2.25. The monoisotopic (exact) mass is 473 g/mol. The van der Waals surface area contributed by atoms with Crippen molar-refractivity contribution in [2.75, 3.05) is 25.5 Å². The molecule has 1 aliphatic rings. The van der Waals surface area contributed by atoms with E-state index in [1.165, 1.54) is 17.3 Å². The molecule has 178 valence electrons. The van der Waals surface area contributed by atoms with Gasteiger partial charge in [-0.1, -0.05) is 31.0 Å². The molecule has 0 spiro atoms. The van der Waals surface area contributed by atoms with Crippen molar-refractivity contribution in [2.24, 2.45) is 0 Å². The van der Waals surface area contributed by atoms with Crippen LogP contribution in [0.25, 0.3) is 0 Å². The summed E-state index contributed by atoms with van der Waals surface area (Å²) in [6.45, 7) is 2.42. The average molecular weight is 474 g/mol. The summed E-state index contributed by atoms with van der Waals surface area (Å²) in [5.74, 6) is 0.0789. The predicted octanol–water partition coefficient (Wildman–Crippen LogP) is 3.47. The molecule has 1 unspecified atom stereocenters. The number of rotatable bonds is 8. The number of ether oxygens (including phenoxy) is 1. The van der Waals surface area contributed by atoms with Gasteiger partial charge in [-0.25, -0.2) is 8.42 Å². The Morgan fingerprint density at radius 1 is 1.03 bits per heavy atom. The summed E-state index contributed by atoms with van der Waals surface area (Å²) in [4.78, 5) is 24.6. The maximum Gasteiger partial charge on any atom is 0.243 e. The van der Waals surface area contributed by atoms with Crippen molar-refractivity contribution in [1.29, 1.82) is 0 Å². The number of benzene rings is 2. The molecule has 2 N–H and O–H groups in total. The fraction of sp³-hybridized carbons (Fsp3) is 0.417. The summed E-state index contributed by atoms with van der Waals surface area (Å²) in [5.41, 5.74) is 1.16. The van der Waals surface area contributed by atoms with Gasteiger partial charge in [0.05, 0.1) is 24.5 Å². The summed E-state index contributed by atoms with van der Waals surface area (Å²) in [5, 5.41) is 5.56. The number of carbonyl (C=O) groups is 2. The van der Waals surface area contributed by atoms with E-state index in [0.717, 1.165) is 31.2 Å². The Balaban J connectivity index is 1.72. The van der Waals surface area contributed by atoms with Gasteiger partial charge in [-0.3, -0.25) is 9.59 Å². The van der Waals surface area contributed by atoms with E-state index < -0.39 is 16.1 Å². The van der Waals surface area contributed by atoms with Gasteiger partial charge in [0.2, 0.25) is 21.8 Å². The molecule has 1 aliphatic heterocycles. The van der Waals surface area contributed by atoms with Crippen molar-refractivity contribution in [3.8, 4) is 5.75 Å². The van der Waals surface area contributed by atoms with E-state index in [4.69, 9.17) is 4.74 Å². The zero-order chi connectivity index (χ0) is 23.8. The van der Waals surface area contributed by atoms with Crippen LogP contribution in [-0.4, -0.2) is 44.7 Å². The number of amides is 2. The molecule has 1 atom stereocenters. The molecule has 1 heterocycles. The van der Waals surface area contributed by atoms with E-state index in [0.29, 0.717) is 24.5 Å². The Morgan fingerprint density at radius 2 is 1.70 bits per heavy atom. The Kier molecular flexibility index (Phi) is 8.46. The summed E-state index contributed by atoms with van der Waals surface area (Å²) in [6, 6.07) is 12.9. The van der Waals surface area contributed by atoms with Crippen molar-refractivity contribution in [3.63, 3.8) is 0 Å². The molecule has 1 fully saturated rings. The number of carbonyl (C=O) groups excluding carboxylic acids is 2. The van der Waals surface area contributed by atoms with Crippen LogP contribution in [0.3, 0.4) is 0 Å². The van der Waals surface area contributed by atoms with Gasteiger partial charge in [-0.05, 0) is 48.7 Å². The SMILES string of the molecule is COc1ccc(C(CC(=O)Nc2cccc(S(=O)(=O)N3CCCCCC3)c2)NC(C)=O)cc1. The maximum absolute atomic E-state index is 13.1. The smallest absolute Gasteiger partial charge is 0.243 e. The average Bonchev–Trinajstić information content (AvgIpc) is 3.09. The van der Waals surface area contributed by atoms with Crippen molar-refractivity contribution < 1.29 is 22.7 Å². The van der Waals surface area contributed by atoms with Crippen LogP contribution in [0.4, 0.5) is 5.69 Å². The molecule has 2 aromatic rings. The van der Waals surface area contributed by atoms with Gasteiger partial charge in [-0.15, -0.1) is 0 Å². The molecule has 33 heavy (non-hydrogen) atoms. The van der Waals surface area contributed by atoms with Gasteiger partial charge in [0.25, 0.3) is 0 Å². The van der Waals surface area contributed by atoms with Crippen molar-refractivity contribution in [3.05, 3.63) is 54.1 Å². The van der Waals surface area contributed by atoms with Crippen LogP contribution in [-0.2, 0) is 19.6 Å². The predicted molar refractivity (Wildman–Crippen MR) is 126 cm³/mol. The van der Waals surface area contributed by atoms with Gasteiger partial charge in [0.1, 0.15) is 5.75 Å². The third-order valence-electron chi connectivity index (χ3n) is 5.61. The quantitative estimate of drug-likeness (QED) is 0.611. The highest BCUT2D eigenvalue weighted by molar-refractivity contribution is 7.89. The Labute approximate surface area is 195 Å². The second-order valence-electron chi connectivity index (χ2n) is 8.12. The number of nitrogens with zero attached hydrogens (tertiary/aromatic N) is 1. The van der Waals surface area contributed by atoms with Crippen LogP contribution >= 0.6 is 0 Å². The number of sulfonamides is 1. The van der Waals surface area contributed by atoms with Gasteiger partial charge >= 0.3 is 0 Å². The molecular weight excluding hydrogens is 442 g/mol. The largest absolute Gasteiger partial charge is 0.497 e. The van der Waals surface area contributed by atoms with Crippen molar-refractivity contribution >= 4 is 27.5 Å². The number of hydrogen-bond donors (Lipinski definition) is 2. The lowest BCUT2D eigenvalue weighted by Crippen LogP contribution is -2.32. The summed E-state index contributed by atoms with van der Waals surface area (Å²) in [6.07, 6.45) is 3.77. The van der Waals surface area contributed by atoms with Gasteiger partial charge in [0, 0.05) is 25.7 Å². The first-order valence-corrected chi connectivity index (χ1v) is 12.5. The molecule has 0 aliphatic carbocycles.